The number of hydrogen-bond acceptors (Lipinski definition) is 3. The highest BCUT2D eigenvalue weighted by atomic mass is 32.1. The predicted octanol–water partition coefficient (Wildman–Crippen LogP) is 4.43. The van der Waals surface area contributed by atoms with E-state index in [1.54, 1.807) is 0 Å². The minimum Gasteiger partial charge on any atom is -0.507 e. The van der Waals surface area contributed by atoms with Gasteiger partial charge in [0.05, 0.1) is 0 Å². The van der Waals surface area contributed by atoms with E-state index in [4.69, 9.17) is 12.2 Å². The van der Waals surface area contributed by atoms with Gasteiger partial charge in [-0.25, -0.2) is 0 Å². The maximum Gasteiger partial charge on any atom is 0.213 e. The number of rotatable bonds is 1. The molecule has 0 aliphatic carbocycles. The molecule has 0 saturated carbocycles. The maximum absolute atomic E-state index is 10.7. The van der Waals surface area contributed by atoms with Crippen LogP contribution in [0.5, 0.6) is 5.75 Å². The molecule has 0 aliphatic heterocycles. The van der Waals surface area contributed by atoms with Gasteiger partial charge in [0, 0.05) is 16.7 Å². The molecule has 0 aliphatic rings. The third-order valence-corrected chi connectivity index (χ3v) is 3.69. The fourth-order valence-corrected chi connectivity index (χ4v) is 2.46. The average Bonchev–Trinajstić information content (AvgIpc) is 2.73. The number of phenols is 1. The molecule has 1 aromatic carbocycles. The maximum atomic E-state index is 10.7. The van der Waals surface area contributed by atoms with Crippen molar-refractivity contribution in [1.82, 2.24) is 15.2 Å². The molecule has 0 spiro atoms. The summed E-state index contributed by atoms with van der Waals surface area (Å²) in [7, 11) is 0. The topological polar surface area (TPSA) is 64.7 Å². The van der Waals surface area contributed by atoms with Crippen molar-refractivity contribution in [2.75, 3.05) is 0 Å². The number of nitrogens with one attached hydrogen (secondary N) is 2. The van der Waals surface area contributed by atoms with Crippen LogP contribution in [0.1, 0.15) is 52.7 Å². The van der Waals surface area contributed by atoms with Crippen LogP contribution in [0.15, 0.2) is 12.1 Å². The number of aromatic amines is 2. The van der Waals surface area contributed by atoms with Crippen LogP contribution in [0, 0.1) is 4.77 Å². The first-order chi connectivity index (χ1) is 9.50. The number of phenolic OH excluding ortho intramolecular Hbond substituents is 1. The molecule has 114 valence electrons. The van der Waals surface area contributed by atoms with Crippen molar-refractivity contribution >= 4 is 12.2 Å². The van der Waals surface area contributed by atoms with Crippen LogP contribution in [0.25, 0.3) is 11.4 Å². The quantitative estimate of drug-likeness (QED) is 0.683. The highest BCUT2D eigenvalue weighted by Crippen LogP contribution is 2.41. The summed E-state index contributed by atoms with van der Waals surface area (Å²) in [6, 6.07) is 3.96. The molecule has 0 atom stereocenters. The Kier molecular flexibility index (Phi) is 3.74. The summed E-state index contributed by atoms with van der Waals surface area (Å²) in [5, 5.41) is 16.5. The molecule has 4 nitrogen and oxygen atoms in total. The Morgan fingerprint density at radius 2 is 1.43 bits per heavy atom. The van der Waals surface area contributed by atoms with Gasteiger partial charge in [0.15, 0.2) is 5.82 Å². The van der Waals surface area contributed by atoms with Gasteiger partial charge in [0.1, 0.15) is 5.75 Å². The smallest absolute Gasteiger partial charge is 0.213 e. The second-order valence-corrected chi connectivity index (χ2v) is 7.82. The Hall–Kier alpha value is -1.62. The van der Waals surface area contributed by atoms with Gasteiger partial charge in [-0.15, -0.1) is 0 Å². The van der Waals surface area contributed by atoms with E-state index in [0.29, 0.717) is 16.3 Å². The molecule has 2 rings (SSSR count). The van der Waals surface area contributed by atoms with Crippen molar-refractivity contribution in [3.8, 4) is 17.1 Å². The van der Waals surface area contributed by atoms with Crippen molar-refractivity contribution in [3.63, 3.8) is 0 Å². The van der Waals surface area contributed by atoms with Gasteiger partial charge in [-0.1, -0.05) is 41.5 Å². The van der Waals surface area contributed by atoms with Crippen molar-refractivity contribution in [2.45, 2.75) is 52.4 Å². The zero-order chi connectivity index (χ0) is 16.0. The molecule has 0 fully saturated rings. The van der Waals surface area contributed by atoms with Crippen LogP contribution in [0.2, 0.25) is 0 Å². The minimum absolute atomic E-state index is 0.160. The molecule has 5 heteroatoms. The second kappa shape index (κ2) is 4.98. The highest BCUT2D eigenvalue weighted by molar-refractivity contribution is 7.71. The van der Waals surface area contributed by atoms with Gasteiger partial charge in [0.25, 0.3) is 0 Å². The van der Waals surface area contributed by atoms with Gasteiger partial charge >= 0.3 is 0 Å². The molecule has 0 unspecified atom stereocenters. The second-order valence-electron chi connectivity index (χ2n) is 7.44. The first-order valence-electron chi connectivity index (χ1n) is 7.03. The lowest BCUT2D eigenvalue weighted by molar-refractivity contribution is 0.423. The number of H-pyrrole nitrogens is 2. The Bertz CT molecular complexity index is 679. The summed E-state index contributed by atoms with van der Waals surface area (Å²) in [6.07, 6.45) is 0. The van der Waals surface area contributed by atoms with Gasteiger partial charge in [-0.3, -0.25) is 10.2 Å². The number of aromatic hydroxyl groups is 1. The first-order valence-corrected chi connectivity index (χ1v) is 7.44. The van der Waals surface area contributed by atoms with Gasteiger partial charge in [0.2, 0.25) is 4.77 Å². The van der Waals surface area contributed by atoms with Crippen molar-refractivity contribution in [3.05, 3.63) is 28.0 Å². The Morgan fingerprint density at radius 3 is 1.76 bits per heavy atom. The number of aromatic nitrogens is 3. The summed E-state index contributed by atoms with van der Waals surface area (Å²) in [5.41, 5.74) is 2.43. The number of nitrogens with zero attached hydrogens (tertiary/aromatic N) is 1. The molecular weight excluding hydrogens is 282 g/mol. The molecule has 0 saturated heterocycles. The van der Waals surface area contributed by atoms with Crippen LogP contribution >= 0.6 is 12.2 Å². The van der Waals surface area contributed by atoms with E-state index < -0.39 is 0 Å². The molecular formula is C16H23N3OS. The van der Waals surface area contributed by atoms with Crippen molar-refractivity contribution in [1.29, 1.82) is 0 Å². The van der Waals surface area contributed by atoms with E-state index in [0.717, 1.165) is 16.7 Å². The normalized spacial score (nSPS) is 12.7. The molecule has 21 heavy (non-hydrogen) atoms. The van der Waals surface area contributed by atoms with Crippen LogP contribution < -0.4 is 0 Å². The number of hydrogen-bond donors (Lipinski definition) is 3. The third-order valence-electron chi connectivity index (χ3n) is 3.50. The van der Waals surface area contributed by atoms with E-state index in [9.17, 15) is 5.11 Å². The summed E-state index contributed by atoms with van der Waals surface area (Å²) in [6.45, 7) is 12.5. The van der Waals surface area contributed by atoms with Crippen LogP contribution in [0.3, 0.4) is 0 Å². The largest absolute Gasteiger partial charge is 0.507 e. The Labute approximate surface area is 130 Å². The summed E-state index contributed by atoms with van der Waals surface area (Å²) in [4.78, 5) is 4.28. The zero-order valence-electron chi connectivity index (χ0n) is 13.5. The standard InChI is InChI=1S/C16H23N3OS/c1-15(2,3)10-7-9(13-17-14(21)19-18-13)8-11(12(10)20)16(4,5)6/h7-8,20H,1-6H3,(H2,17,18,19,21). The molecule has 1 heterocycles. The van der Waals surface area contributed by atoms with Gasteiger partial charge in [-0.05, 0) is 35.2 Å². The summed E-state index contributed by atoms with van der Waals surface area (Å²) < 4.78 is 0.424. The molecule has 0 amide bonds. The fraction of sp³-hybridized carbons (Fsp3) is 0.500. The minimum atomic E-state index is -0.160. The lowest BCUT2D eigenvalue weighted by Gasteiger charge is -2.28. The van der Waals surface area contributed by atoms with Crippen LogP contribution in [-0.2, 0) is 10.8 Å². The molecule has 0 bridgehead atoms. The Morgan fingerprint density at radius 1 is 0.952 bits per heavy atom. The average molecular weight is 305 g/mol. The highest BCUT2D eigenvalue weighted by Gasteiger charge is 2.27. The zero-order valence-corrected chi connectivity index (χ0v) is 14.3. The summed E-state index contributed by atoms with van der Waals surface area (Å²) >= 11 is 5.02. The van der Waals surface area contributed by atoms with Crippen LogP contribution in [0.4, 0.5) is 0 Å². The monoisotopic (exact) mass is 305 g/mol. The van der Waals surface area contributed by atoms with Gasteiger partial charge < -0.3 is 5.11 Å². The molecule has 3 N–H and O–H groups in total. The Balaban J connectivity index is 2.77. The fourth-order valence-electron chi connectivity index (χ4n) is 2.32. The van der Waals surface area contributed by atoms with E-state index in [2.05, 4.69) is 56.7 Å². The SMILES string of the molecule is CC(C)(C)c1cc(-c2nc(=S)[nH][nH]2)cc(C(C)(C)C)c1O. The number of benzene rings is 1. The van der Waals surface area contributed by atoms with E-state index in [1.165, 1.54) is 0 Å². The van der Waals surface area contributed by atoms with E-state index in [-0.39, 0.29) is 10.8 Å². The molecule has 0 radical (unpaired) electrons. The van der Waals surface area contributed by atoms with Crippen LogP contribution in [-0.4, -0.2) is 20.3 Å². The third kappa shape index (κ3) is 3.18. The molecule has 1 aromatic heterocycles. The van der Waals surface area contributed by atoms with Gasteiger partial charge in [-0.2, -0.15) is 4.98 Å². The van der Waals surface area contributed by atoms with Crippen molar-refractivity contribution in [2.24, 2.45) is 0 Å². The first kappa shape index (κ1) is 15.8. The molecule has 2 aromatic rings. The lowest BCUT2D eigenvalue weighted by Crippen LogP contribution is -2.17. The van der Waals surface area contributed by atoms with Crippen molar-refractivity contribution < 1.29 is 5.11 Å². The lowest BCUT2D eigenvalue weighted by atomic mass is 9.78. The predicted molar refractivity (Wildman–Crippen MR) is 88.3 cm³/mol. The van der Waals surface area contributed by atoms with E-state index >= 15 is 0 Å². The van der Waals surface area contributed by atoms with E-state index in [1.807, 2.05) is 12.1 Å². The summed E-state index contributed by atoms with van der Waals surface area (Å²) in [5.74, 6) is 1.06.